The number of hydrogen-bond donors (Lipinski definition) is 1. The van der Waals surface area contributed by atoms with Gasteiger partial charge in [0, 0.05) is 20.1 Å². The predicted molar refractivity (Wildman–Crippen MR) is 143 cm³/mol. The third-order valence-electron chi connectivity index (χ3n) is 6.21. The van der Waals surface area contributed by atoms with Crippen molar-refractivity contribution in [2.45, 2.75) is 44.0 Å². The standard InChI is InChI=1S/C28H35N3O4S/c1-4-18-29-28(33)26(5-2)31(19-17-22-11-7-6-8-12-22)27(32)21-30(3)36(34,35)25-16-15-23-13-9-10-14-24(23)20-25/h6-16,20,26H,4-5,17-19,21H2,1-3H3,(H,29,33). The molecule has 192 valence electrons. The summed E-state index contributed by atoms with van der Waals surface area (Å²) in [5.74, 6) is -0.628. The van der Waals surface area contributed by atoms with Gasteiger partial charge in [0.2, 0.25) is 21.8 Å². The number of likely N-dealkylation sites (N-methyl/N-ethyl adjacent to an activating group) is 1. The first-order valence-corrected chi connectivity index (χ1v) is 13.8. The third kappa shape index (κ3) is 6.71. The molecule has 0 saturated heterocycles. The Kier molecular flexibility index (Phi) is 9.61. The Morgan fingerprint density at radius 1 is 0.917 bits per heavy atom. The Labute approximate surface area is 214 Å². The van der Waals surface area contributed by atoms with Gasteiger partial charge in [0.15, 0.2) is 0 Å². The van der Waals surface area contributed by atoms with Crippen LogP contribution in [0.3, 0.4) is 0 Å². The molecule has 0 bridgehead atoms. The normalized spacial score (nSPS) is 12.4. The van der Waals surface area contributed by atoms with Crippen molar-refractivity contribution in [3.05, 3.63) is 78.4 Å². The molecule has 0 spiro atoms. The lowest BCUT2D eigenvalue weighted by atomic mass is 10.1. The van der Waals surface area contributed by atoms with E-state index in [1.165, 1.54) is 11.9 Å². The number of nitrogens with one attached hydrogen (secondary N) is 1. The number of sulfonamides is 1. The molecule has 0 aliphatic carbocycles. The zero-order chi connectivity index (χ0) is 26.1. The van der Waals surface area contributed by atoms with Gasteiger partial charge in [-0.1, -0.05) is 74.5 Å². The molecule has 3 aromatic carbocycles. The molecule has 1 atom stereocenters. The summed E-state index contributed by atoms with van der Waals surface area (Å²) in [5, 5.41) is 4.62. The minimum atomic E-state index is -3.91. The molecule has 0 fully saturated rings. The summed E-state index contributed by atoms with van der Waals surface area (Å²) < 4.78 is 27.7. The lowest BCUT2D eigenvalue weighted by Crippen LogP contribution is -2.52. The van der Waals surface area contributed by atoms with E-state index in [-0.39, 0.29) is 17.3 Å². The summed E-state index contributed by atoms with van der Waals surface area (Å²) in [7, 11) is -2.51. The molecule has 0 saturated carbocycles. The molecule has 2 amide bonds. The van der Waals surface area contributed by atoms with Crippen LogP contribution in [-0.2, 0) is 26.0 Å². The third-order valence-corrected chi connectivity index (χ3v) is 8.01. The fourth-order valence-electron chi connectivity index (χ4n) is 4.14. The second-order valence-corrected chi connectivity index (χ2v) is 10.9. The molecule has 7 nitrogen and oxygen atoms in total. The topological polar surface area (TPSA) is 86.8 Å². The van der Waals surface area contributed by atoms with E-state index in [0.29, 0.717) is 25.9 Å². The van der Waals surface area contributed by atoms with E-state index in [2.05, 4.69) is 5.32 Å². The highest BCUT2D eigenvalue weighted by molar-refractivity contribution is 7.89. The van der Waals surface area contributed by atoms with Crippen LogP contribution in [0.2, 0.25) is 0 Å². The highest BCUT2D eigenvalue weighted by atomic mass is 32.2. The van der Waals surface area contributed by atoms with E-state index in [0.717, 1.165) is 27.1 Å². The lowest BCUT2D eigenvalue weighted by Gasteiger charge is -2.32. The number of carbonyl (C=O) groups excluding carboxylic acids is 2. The number of carbonyl (C=O) groups is 2. The Morgan fingerprint density at radius 2 is 1.58 bits per heavy atom. The Bertz CT molecular complexity index is 1280. The van der Waals surface area contributed by atoms with Crippen molar-refractivity contribution in [2.75, 3.05) is 26.7 Å². The molecular formula is C28H35N3O4S. The maximum Gasteiger partial charge on any atom is 0.243 e. The summed E-state index contributed by atoms with van der Waals surface area (Å²) in [6, 6.07) is 21.5. The van der Waals surface area contributed by atoms with Crippen LogP contribution in [0.5, 0.6) is 0 Å². The molecule has 8 heteroatoms. The summed E-state index contributed by atoms with van der Waals surface area (Å²) in [6.07, 6.45) is 1.77. The monoisotopic (exact) mass is 509 g/mol. The minimum absolute atomic E-state index is 0.125. The van der Waals surface area contributed by atoms with E-state index in [1.54, 1.807) is 18.2 Å². The van der Waals surface area contributed by atoms with Crippen molar-refractivity contribution in [1.29, 1.82) is 0 Å². The first-order valence-electron chi connectivity index (χ1n) is 12.3. The maximum absolute atomic E-state index is 13.5. The van der Waals surface area contributed by atoms with Crippen molar-refractivity contribution in [3.63, 3.8) is 0 Å². The van der Waals surface area contributed by atoms with Crippen LogP contribution in [0, 0.1) is 0 Å². The van der Waals surface area contributed by atoms with Crippen molar-refractivity contribution in [3.8, 4) is 0 Å². The Balaban J connectivity index is 1.82. The Morgan fingerprint density at radius 3 is 2.25 bits per heavy atom. The van der Waals surface area contributed by atoms with Gasteiger partial charge in [-0.2, -0.15) is 4.31 Å². The minimum Gasteiger partial charge on any atom is -0.354 e. The summed E-state index contributed by atoms with van der Waals surface area (Å²) >= 11 is 0. The van der Waals surface area contributed by atoms with Crippen LogP contribution in [0.15, 0.2) is 77.7 Å². The van der Waals surface area contributed by atoms with Gasteiger partial charge in [0.05, 0.1) is 11.4 Å². The number of nitrogens with zero attached hydrogens (tertiary/aromatic N) is 2. The second kappa shape index (κ2) is 12.6. The van der Waals surface area contributed by atoms with Crippen LogP contribution in [0.25, 0.3) is 10.8 Å². The number of hydrogen-bond acceptors (Lipinski definition) is 4. The van der Waals surface area contributed by atoms with Crippen LogP contribution in [0.1, 0.15) is 32.3 Å². The zero-order valence-corrected chi connectivity index (χ0v) is 22.0. The maximum atomic E-state index is 13.5. The van der Waals surface area contributed by atoms with Gasteiger partial charge in [0.1, 0.15) is 6.04 Å². The molecule has 0 radical (unpaired) electrons. The summed E-state index contributed by atoms with van der Waals surface area (Å²) in [5.41, 5.74) is 1.04. The molecule has 1 N–H and O–H groups in total. The average Bonchev–Trinajstić information content (AvgIpc) is 2.89. The van der Waals surface area contributed by atoms with Crippen molar-refractivity contribution >= 4 is 32.6 Å². The molecule has 0 aliphatic heterocycles. The molecule has 3 rings (SSSR count). The highest BCUT2D eigenvalue weighted by Crippen LogP contribution is 2.21. The van der Waals surface area contributed by atoms with Crippen molar-refractivity contribution < 1.29 is 18.0 Å². The van der Waals surface area contributed by atoms with Crippen LogP contribution in [-0.4, -0.2) is 62.2 Å². The van der Waals surface area contributed by atoms with Gasteiger partial charge in [-0.05, 0) is 47.7 Å². The second-order valence-electron chi connectivity index (χ2n) is 8.81. The molecule has 36 heavy (non-hydrogen) atoms. The number of benzene rings is 3. The number of amides is 2. The van der Waals surface area contributed by atoms with E-state index >= 15 is 0 Å². The number of fused-ring (bicyclic) bond motifs is 1. The average molecular weight is 510 g/mol. The highest BCUT2D eigenvalue weighted by Gasteiger charge is 2.31. The van der Waals surface area contributed by atoms with Gasteiger partial charge < -0.3 is 10.2 Å². The summed E-state index contributed by atoms with van der Waals surface area (Å²) in [6.45, 7) is 4.29. The van der Waals surface area contributed by atoms with Gasteiger partial charge >= 0.3 is 0 Å². The molecule has 3 aromatic rings. The fourth-order valence-corrected chi connectivity index (χ4v) is 5.29. The first kappa shape index (κ1) is 27.4. The molecular weight excluding hydrogens is 474 g/mol. The molecule has 0 aliphatic rings. The predicted octanol–water partition coefficient (Wildman–Crippen LogP) is 3.84. The summed E-state index contributed by atoms with van der Waals surface area (Å²) in [4.78, 5) is 28.0. The number of rotatable bonds is 12. The van der Waals surface area contributed by atoms with E-state index in [1.807, 2.05) is 68.4 Å². The smallest absolute Gasteiger partial charge is 0.243 e. The van der Waals surface area contributed by atoms with Gasteiger partial charge in [-0.3, -0.25) is 9.59 Å². The lowest BCUT2D eigenvalue weighted by molar-refractivity contribution is -0.140. The van der Waals surface area contributed by atoms with E-state index in [4.69, 9.17) is 0 Å². The van der Waals surface area contributed by atoms with Crippen LogP contribution < -0.4 is 5.32 Å². The molecule has 1 unspecified atom stereocenters. The Hall–Kier alpha value is -3.23. The molecule has 0 heterocycles. The van der Waals surface area contributed by atoms with Crippen LogP contribution in [0.4, 0.5) is 0 Å². The van der Waals surface area contributed by atoms with E-state index < -0.39 is 22.0 Å². The SMILES string of the molecule is CCCNC(=O)C(CC)N(CCc1ccccc1)C(=O)CN(C)S(=O)(=O)c1ccc2ccccc2c1. The van der Waals surface area contributed by atoms with Gasteiger partial charge in [-0.15, -0.1) is 0 Å². The largest absolute Gasteiger partial charge is 0.354 e. The van der Waals surface area contributed by atoms with Crippen molar-refractivity contribution in [1.82, 2.24) is 14.5 Å². The fraction of sp³-hybridized carbons (Fsp3) is 0.357. The first-order chi connectivity index (χ1) is 17.3. The van der Waals surface area contributed by atoms with E-state index in [9.17, 15) is 18.0 Å². The van der Waals surface area contributed by atoms with Crippen molar-refractivity contribution in [2.24, 2.45) is 0 Å². The van der Waals surface area contributed by atoms with Gasteiger partial charge in [-0.25, -0.2) is 8.42 Å². The van der Waals surface area contributed by atoms with Crippen LogP contribution >= 0.6 is 0 Å². The molecule has 0 aromatic heterocycles. The van der Waals surface area contributed by atoms with Gasteiger partial charge in [0.25, 0.3) is 0 Å². The quantitative estimate of drug-likeness (QED) is 0.402. The zero-order valence-electron chi connectivity index (χ0n) is 21.2.